The van der Waals surface area contributed by atoms with Crippen molar-refractivity contribution >= 4 is 43.2 Å². The second-order valence-electron chi connectivity index (χ2n) is 3.77. The van der Waals surface area contributed by atoms with E-state index in [1.807, 2.05) is 0 Å². The van der Waals surface area contributed by atoms with E-state index in [0.29, 0.717) is 0 Å². The maximum Gasteiger partial charge on any atom is 0.233 e. The predicted octanol–water partition coefficient (Wildman–Crippen LogP) is 3.20. The van der Waals surface area contributed by atoms with Crippen molar-refractivity contribution in [3.63, 3.8) is 0 Å². The Labute approximate surface area is 114 Å². The highest BCUT2D eigenvalue weighted by Gasteiger charge is 2.15. The summed E-state index contributed by atoms with van der Waals surface area (Å²) in [5.41, 5.74) is 0.201. The lowest BCUT2D eigenvalue weighted by atomic mass is 10.3. The minimum atomic E-state index is -3.49. The SMILES string of the molecule is CC(CCl)CS(=O)(=O)Nc1ccc(Br)c(F)c1. The number of anilines is 1. The fraction of sp³-hybridized carbons (Fsp3) is 0.400. The molecular formula is C10H12BrClFNO2S. The van der Waals surface area contributed by atoms with Crippen LogP contribution in [0.1, 0.15) is 6.92 Å². The van der Waals surface area contributed by atoms with Gasteiger partial charge in [-0.2, -0.15) is 0 Å². The summed E-state index contributed by atoms with van der Waals surface area (Å²) in [7, 11) is -3.49. The first-order valence-corrected chi connectivity index (χ1v) is 7.83. The molecule has 7 heteroatoms. The summed E-state index contributed by atoms with van der Waals surface area (Å²) >= 11 is 8.54. The molecule has 0 heterocycles. The molecule has 0 aromatic heterocycles. The Morgan fingerprint density at radius 1 is 1.53 bits per heavy atom. The molecule has 3 nitrogen and oxygen atoms in total. The predicted molar refractivity (Wildman–Crippen MR) is 71.4 cm³/mol. The summed E-state index contributed by atoms with van der Waals surface area (Å²) in [5, 5.41) is 0. The molecule has 1 unspecified atom stereocenters. The van der Waals surface area contributed by atoms with Gasteiger partial charge >= 0.3 is 0 Å². The van der Waals surface area contributed by atoms with E-state index in [0.717, 1.165) is 6.07 Å². The zero-order chi connectivity index (χ0) is 13.1. The van der Waals surface area contributed by atoms with Gasteiger partial charge in [-0.3, -0.25) is 4.72 Å². The second-order valence-corrected chi connectivity index (χ2v) is 6.70. The molecule has 1 rings (SSSR count). The summed E-state index contributed by atoms with van der Waals surface area (Å²) in [5.74, 6) is -0.505. The second kappa shape index (κ2) is 6.02. The fourth-order valence-electron chi connectivity index (χ4n) is 1.20. The molecule has 0 amide bonds. The van der Waals surface area contributed by atoms with Crippen molar-refractivity contribution in [1.29, 1.82) is 0 Å². The molecule has 0 aliphatic carbocycles. The molecule has 0 aliphatic rings. The minimum Gasteiger partial charge on any atom is -0.283 e. The number of halogens is 3. The zero-order valence-electron chi connectivity index (χ0n) is 9.08. The maximum absolute atomic E-state index is 13.2. The number of hydrogen-bond acceptors (Lipinski definition) is 2. The van der Waals surface area contributed by atoms with Crippen LogP contribution in [0.15, 0.2) is 22.7 Å². The molecule has 1 aromatic carbocycles. The van der Waals surface area contributed by atoms with E-state index in [9.17, 15) is 12.8 Å². The Kier molecular flexibility index (Phi) is 5.22. The van der Waals surface area contributed by atoms with E-state index >= 15 is 0 Å². The van der Waals surface area contributed by atoms with Crippen LogP contribution in [0.2, 0.25) is 0 Å². The monoisotopic (exact) mass is 343 g/mol. The van der Waals surface area contributed by atoms with Crippen molar-refractivity contribution < 1.29 is 12.8 Å². The van der Waals surface area contributed by atoms with Gasteiger partial charge in [-0.25, -0.2) is 12.8 Å². The van der Waals surface area contributed by atoms with E-state index in [2.05, 4.69) is 20.7 Å². The van der Waals surface area contributed by atoms with Crippen LogP contribution in [0.3, 0.4) is 0 Å². The molecular weight excluding hydrogens is 333 g/mol. The van der Waals surface area contributed by atoms with Crippen molar-refractivity contribution in [3.05, 3.63) is 28.5 Å². The van der Waals surface area contributed by atoms with Crippen LogP contribution in [0, 0.1) is 11.7 Å². The summed E-state index contributed by atoms with van der Waals surface area (Å²) in [6.07, 6.45) is 0. The van der Waals surface area contributed by atoms with E-state index in [1.54, 1.807) is 6.92 Å². The first-order valence-electron chi connectivity index (χ1n) is 4.85. The van der Waals surface area contributed by atoms with Gasteiger partial charge in [0.25, 0.3) is 0 Å². The number of nitrogens with one attached hydrogen (secondary N) is 1. The highest BCUT2D eigenvalue weighted by molar-refractivity contribution is 9.10. The largest absolute Gasteiger partial charge is 0.283 e. The average Bonchev–Trinajstić information content (AvgIpc) is 2.22. The third kappa shape index (κ3) is 4.81. The van der Waals surface area contributed by atoms with Gasteiger partial charge in [0.05, 0.1) is 15.9 Å². The third-order valence-corrected chi connectivity index (χ3v) is 4.68. The molecule has 0 saturated heterocycles. The van der Waals surface area contributed by atoms with Crippen molar-refractivity contribution in [2.45, 2.75) is 6.92 Å². The molecule has 0 spiro atoms. The van der Waals surface area contributed by atoms with Gasteiger partial charge < -0.3 is 0 Å². The van der Waals surface area contributed by atoms with E-state index < -0.39 is 15.8 Å². The normalized spacial score (nSPS) is 13.4. The van der Waals surface area contributed by atoms with Crippen LogP contribution >= 0.6 is 27.5 Å². The number of hydrogen-bond donors (Lipinski definition) is 1. The van der Waals surface area contributed by atoms with Gasteiger partial charge in [0.1, 0.15) is 5.82 Å². The van der Waals surface area contributed by atoms with E-state index in [4.69, 9.17) is 11.6 Å². The number of alkyl halides is 1. The zero-order valence-corrected chi connectivity index (χ0v) is 12.2. The Morgan fingerprint density at radius 3 is 2.71 bits per heavy atom. The van der Waals surface area contributed by atoms with Gasteiger partial charge in [-0.15, -0.1) is 11.6 Å². The van der Waals surface area contributed by atoms with Gasteiger partial charge in [0, 0.05) is 5.88 Å². The summed E-state index contributed by atoms with van der Waals surface area (Å²) in [6.45, 7) is 1.73. The average molecular weight is 345 g/mol. The molecule has 1 atom stereocenters. The number of benzene rings is 1. The maximum atomic E-state index is 13.2. The lowest BCUT2D eigenvalue weighted by Gasteiger charge is -2.11. The Balaban J connectivity index is 2.80. The Hall–Kier alpha value is -0.330. The van der Waals surface area contributed by atoms with Crippen LogP contribution in [0.25, 0.3) is 0 Å². The Morgan fingerprint density at radius 2 is 2.18 bits per heavy atom. The lowest BCUT2D eigenvalue weighted by Crippen LogP contribution is -2.22. The third-order valence-electron chi connectivity index (χ3n) is 1.96. The lowest BCUT2D eigenvalue weighted by molar-refractivity contribution is 0.588. The minimum absolute atomic E-state index is 0.0891. The first-order chi connectivity index (χ1) is 7.84. The highest BCUT2D eigenvalue weighted by Crippen LogP contribution is 2.20. The van der Waals surface area contributed by atoms with E-state index in [1.165, 1.54) is 12.1 Å². The molecule has 0 radical (unpaired) electrons. The molecule has 1 N–H and O–H groups in total. The summed E-state index contributed by atoms with van der Waals surface area (Å²) < 4.78 is 39.1. The van der Waals surface area contributed by atoms with Crippen LogP contribution in [-0.2, 0) is 10.0 Å². The summed E-state index contributed by atoms with van der Waals surface area (Å²) in [4.78, 5) is 0. The van der Waals surface area contributed by atoms with Gasteiger partial charge in [-0.1, -0.05) is 6.92 Å². The smallest absolute Gasteiger partial charge is 0.233 e. The van der Waals surface area contributed by atoms with Crippen molar-refractivity contribution in [2.75, 3.05) is 16.4 Å². The van der Waals surface area contributed by atoms with Crippen molar-refractivity contribution in [2.24, 2.45) is 5.92 Å². The molecule has 1 aromatic rings. The van der Waals surface area contributed by atoms with Crippen molar-refractivity contribution in [3.8, 4) is 0 Å². The molecule has 0 saturated carbocycles. The molecule has 96 valence electrons. The number of rotatable bonds is 5. The van der Waals surface area contributed by atoms with Gasteiger partial charge in [0.2, 0.25) is 10.0 Å². The molecule has 0 bridgehead atoms. The molecule has 0 fully saturated rings. The first kappa shape index (κ1) is 14.7. The summed E-state index contributed by atoms with van der Waals surface area (Å²) in [6, 6.07) is 4.04. The highest BCUT2D eigenvalue weighted by atomic mass is 79.9. The van der Waals surface area contributed by atoms with E-state index in [-0.39, 0.29) is 27.7 Å². The van der Waals surface area contributed by atoms with Crippen LogP contribution in [0.4, 0.5) is 10.1 Å². The molecule has 17 heavy (non-hydrogen) atoms. The van der Waals surface area contributed by atoms with Crippen LogP contribution < -0.4 is 4.72 Å². The van der Waals surface area contributed by atoms with Crippen molar-refractivity contribution in [1.82, 2.24) is 0 Å². The molecule has 0 aliphatic heterocycles. The van der Waals surface area contributed by atoms with Crippen LogP contribution in [0.5, 0.6) is 0 Å². The quantitative estimate of drug-likeness (QED) is 0.834. The van der Waals surface area contributed by atoms with Crippen LogP contribution in [-0.4, -0.2) is 20.1 Å². The van der Waals surface area contributed by atoms with Gasteiger partial charge in [0.15, 0.2) is 0 Å². The van der Waals surface area contributed by atoms with Gasteiger partial charge in [-0.05, 0) is 40.0 Å². The standard InChI is InChI=1S/C10H12BrClFNO2S/c1-7(5-12)6-17(15,16)14-8-2-3-9(11)10(13)4-8/h2-4,7,14H,5-6H2,1H3. The number of sulfonamides is 1. The topological polar surface area (TPSA) is 46.2 Å². The Bertz CT molecular complexity index is 495. The fourth-order valence-corrected chi connectivity index (χ4v) is 3.12.